The Morgan fingerprint density at radius 2 is 1.04 bits per heavy atom. The van der Waals surface area contributed by atoms with Gasteiger partial charge in [0.2, 0.25) is 24.3 Å². The smallest absolute Gasteiger partial charge is 0.412 e. The van der Waals surface area contributed by atoms with E-state index in [2.05, 4.69) is 30.6 Å². The number of nitrogens with one attached hydrogen (secondary N) is 2. The first-order valence-corrected chi connectivity index (χ1v) is 12.7. The number of anilines is 2. The summed E-state index contributed by atoms with van der Waals surface area (Å²) in [5.41, 5.74) is 4.67. The molecule has 15 nitrogen and oxygen atoms in total. The summed E-state index contributed by atoms with van der Waals surface area (Å²) in [4.78, 5) is 78.4. The van der Waals surface area contributed by atoms with Crippen molar-refractivity contribution in [2.75, 3.05) is 30.5 Å². The number of aryl methyl sites for hydroxylation is 3. The van der Waals surface area contributed by atoms with Crippen molar-refractivity contribution in [1.82, 2.24) is 0 Å². The lowest BCUT2D eigenvalue weighted by Crippen LogP contribution is -2.23. The molecule has 0 aliphatic heterocycles. The fourth-order valence-electron chi connectivity index (χ4n) is 3.09. The van der Waals surface area contributed by atoms with Gasteiger partial charge < -0.3 is 20.3 Å². The monoisotopic (exact) mass is 648 g/mol. The fourth-order valence-corrected chi connectivity index (χ4v) is 3.09. The van der Waals surface area contributed by atoms with E-state index in [9.17, 15) is 28.8 Å². The number of carbonyl (C=O) groups excluding carboxylic acids is 6. The van der Waals surface area contributed by atoms with Crippen molar-refractivity contribution in [3.05, 3.63) is 71.3 Å². The Labute approximate surface area is 271 Å². The average Bonchev–Trinajstić information content (AvgIpc) is 3.02. The highest BCUT2D eigenvalue weighted by atomic mass is 16.6. The van der Waals surface area contributed by atoms with Crippen molar-refractivity contribution in [3.63, 3.8) is 0 Å². The van der Waals surface area contributed by atoms with E-state index in [-0.39, 0.29) is 28.1 Å². The molecule has 4 N–H and O–H groups in total. The van der Waals surface area contributed by atoms with Crippen LogP contribution in [0, 0.1) is 20.8 Å². The molecule has 0 aromatic heterocycles. The lowest BCUT2D eigenvalue weighted by atomic mass is 10.2. The highest BCUT2D eigenvalue weighted by molar-refractivity contribution is 5.94. The number of hydrogen-bond donors (Lipinski definition) is 4. The first-order chi connectivity index (χ1) is 21.6. The number of nitrogens with zero attached hydrogens (tertiary/aromatic N) is 4. The van der Waals surface area contributed by atoms with E-state index >= 15 is 0 Å². The molecule has 0 aliphatic carbocycles. The number of ether oxygens (including phenoxy) is 1. The van der Waals surface area contributed by atoms with Crippen LogP contribution in [-0.2, 0) is 28.7 Å². The molecular weight excluding hydrogens is 612 g/mol. The van der Waals surface area contributed by atoms with Crippen molar-refractivity contribution in [2.45, 2.75) is 35.6 Å². The summed E-state index contributed by atoms with van der Waals surface area (Å²) in [5.74, 6) is -0.574. The first-order valence-electron chi connectivity index (χ1n) is 12.7. The van der Waals surface area contributed by atoms with Gasteiger partial charge in [-0.1, -0.05) is 33.1 Å². The third kappa shape index (κ3) is 16.5. The van der Waals surface area contributed by atoms with Crippen molar-refractivity contribution in [2.24, 2.45) is 20.0 Å². The topological polar surface area (TPSA) is 226 Å². The van der Waals surface area contributed by atoms with Crippen molar-refractivity contribution in [1.29, 1.82) is 0 Å². The molecule has 0 heterocycles. The summed E-state index contributed by atoms with van der Waals surface area (Å²) in [5, 5.41) is 20.2. The molecule has 248 valence electrons. The van der Waals surface area contributed by atoms with Gasteiger partial charge in [0.05, 0.1) is 36.0 Å². The maximum absolute atomic E-state index is 11.9. The Kier molecular flexibility index (Phi) is 22.1. The molecular formula is C32H36N6O9. The molecule has 0 bridgehead atoms. The second-order valence-electron chi connectivity index (χ2n) is 8.48. The Hall–Kier alpha value is -6.16. The molecule has 3 aromatic carbocycles. The van der Waals surface area contributed by atoms with Crippen LogP contribution < -0.4 is 10.6 Å². The summed E-state index contributed by atoms with van der Waals surface area (Å²) in [6.07, 6.45) is 4.86. The van der Waals surface area contributed by atoms with Gasteiger partial charge in [0.25, 0.3) is 5.91 Å². The predicted molar refractivity (Wildman–Crippen MR) is 176 cm³/mol. The van der Waals surface area contributed by atoms with Gasteiger partial charge >= 0.3 is 6.09 Å². The molecule has 0 fully saturated rings. The number of hydrogen-bond acceptors (Lipinski definition) is 13. The average molecular weight is 649 g/mol. The fraction of sp³-hybridized carbons (Fsp3) is 0.250. The third-order valence-corrected chi connectivity index (χ3v) is 5.25. The summed E-state index contributed by atoms with van der Waals surface area (Å²) in [6.45, 7) is 4.52. The molecule has 15 heteroatoms. The highest BCUT2D eigenvalue weighted by Crippen LogP contribution is 2.25. The number of amides is 2. The summed E-state index contributed by atoms with van der Waals surface area (Å²) in [7, 11) is 0. The van der Waals surface area contributed by atoms with Gasteiger partial charge in [0.1, 0.15) is 0 Å². The molecule has 0 spiro atoms. The van der Waals surface area contributed by atoms with Crippen LogP contribution in [0.3, 0.4) is 0 Å². The molecule has 3 aromatic rings. The standard InChI is InChI=1S/C19H16N4O5.C9H6N2O2.C2H6O2.2CH4/c1-12-3-5-14(7-16(12)20-10-24)22-18(26)9-28-19(27)23-15-6-4-13(2)17(8-15)21-11-25;1-7-2-3-8(10-5-12)4-9(7)11-6-13;3-1-2-4;;/h3-8H,9H2,1-2H3,(H,22,26)(H,23,27);2-4H,1H3;3-4H,1-2H2;2*1H4. The number of aliphatic imine (C=N–C) groups is 4. The van der Waals surface area contributed by atoms with Gasteiger partial charge in [-0.2, -0.15) is 20.0 Å². The molecule has 0 saturated carbocycles. The van der Waals surface area contributed by atoms with Crippen molar-refractivity contribution >= 4 is 70.4 Å². The Balaban J connectivity index is 0. The zero-order valence-corrected chi connectivity index (χ0v) is 24.4. The minimum Gasteiger partial charge on any atom is -0.439 e. The van der Waals surface area contributed by atoms with Gasteiger partial charge in [-0.25, -0.2) is 24.0 Å². The molecule has 0 atom stereocenters. The van der Waals surface area contributed by atoms with Gasteiger partial charge in [-0.05, 0) is 73.9 Å². The molecule has 0 unspecified atom stereocenters. The van der Waals surface area contributed by atoms with E-state index in [1.807, 2.05) is 0 Å². The Morgan fingerprint density at radius 3 is 1.47 bits per heavy atom. The minimum atomic E-state index is -0.852. The molecule has 47 heavy (non-hydrogen) atoms. The van der Waals surface area contributed by atoms with E-state index in [0.717, 1.165) is 16.7 Å². The van der Waals surface area contributed by atoms with Crippen molar-refractivity contribution in [3.8, 4) is 0 Å². The molecule has 2 amide bonds. The lowest BCUT2D eigenvalue weighted by molar-refractivity contribution is -0.118. The maximum atomic E-state index is 11.9. The van der Waals surface area contributed by atoms with Gasteiger partial charge in [-0.15, -0.1) is 0 Å². The van der Waals surface area contributed by atoms with E-state index in [1.54, 1.807) is 57.2 Å². The van der Waals surface area contributed by atoms with Gasteiger partial charge in [0.15, 0.2) is 6.61 Å². The number of rotatable bonds is 9. The molecule has 0 radical (unpaired) electrons. The van der Waals surface area contributed by atoms with E-state index in [0.29, 0.717) is 34.1 Å². The van der Waals surface area contributed by atoms with Crippen LogP contribution in [0.1, 0.15) is 31.5 Å². The Morgan fingerprint density at radius 1 is 0.638 bits per heavy atom. The summed E-state index contributed by atoms with van der Waals surface area (Å²) < 4.78 is 4.86. The van der Waals surface area contributed by atoms with Gasteiger partial charge in [-0.3, -0.25) is 10.1 Å². The quantitative estimate of drug-likeness (QED) is 0.167. The number of aliphatic hydroxyl groups is 2. The van der Waals surface area contributed by atoms with Crippen LogP contribution in [0.15, 0.2) is 74.6 Å². The van der Waals surface area contributed by atoms with Crippen molar-refractivity contribution < 1.29 is 43.7 Å². The highest BCUT2D eigenvalue weighted by Gasteiger charge is 2.10. The predicted octanol–water partition coefficient (Wildman–Crippen LogP) is 5.60. The summed E-state index contributed by atoms with van der Waals surface area (Å²) >= 11 is 0. The minimum absolute atomic E-state index is 0. The van der Waals surface area contributed by atoms with Gasteiger partial charge in [0, 0.05) is 11.4 Å². The molecule has 0 aliphatic rings. The third-order valence-electron chi connectivity index (χ3n) is 5.25. The van der Waals surface area contributed by atoms with Crippen LogP contribution in [-0.4, -0.2) is 66.4 Å². The SMILES string of the molecule is C.C.Cc1ccc(N=C=O)cc1N=C=O.Cc1ccc(NC(=O)COC(=O)Nc2ccc(C)c(N=C=O)c2)cc1N=C=O.OCCO. The first kappa shape index (κ1) is 43.0. The van der Waals surface area contributed by atoms with Crippen LogP contribution in [0.5, 0.6) is 0 Å². The van der Waals surface area contributed by atoms with Crippen LogP contribution in [0.2, 0.25) is 0 Å². The Bertz CT molecular complexity index is 1600. The normalized spacial score (nSPS) is 8.62. The van der Waals surface area contributed by atoms with E-state index < -0.39 is 18.6 Å². The maximum Gasteiger partial charge on any atom is 0.412 e. The van der Waals surface area contributed by atoms with E-state index in [4.69, 9.17) is 14.9 Å². The number of benzene rings is 3. The van der Waals surface area contributed by atoms with E-state index in [1.165, 1.54) is 42.5 Å². The summed E-state index contributed by atoms with van der Waals surface area (Å²) in [6, 6.07) is 14.4. The second-order valence-corrected chi connectivity index (χ2v) is 8.48. The largest absolute Gasteiger partial charge is 0.439 e. The van der Waals surface area contributed by atoms with Crippen LogP contribution >= 0.6 is 0 Å². The number of isocyanates is 4. The zero-order chi connectivity index (χ0) is 33.6. The van der Waals surface area contributed by atoms with Crippen LogP contribution in [0.4, 0.5) is 38.9 Å². The number of carbonyl (C=O) groups is 2. The number of aliphatic hydroxyl groups excluding tert-OH is 2. The zero-order valence-electron chi connectivity index (χ0n) is 24.4. The molecule has 0 saturated heterocycles. The molecule has 3 rings (SSSR count). The second kappa shape index (κ2) is 24.2. The lowest BCUT2D eigenvalue weighted by Gasteiger charge is -2.09. The van der Waals surface area contributed by atoms with Crippen LogP contribution in [0.25, 0.3) is 0 Å².